The molecule has 2 aromatic carbocycles. The predicted octanol–water partition coefficient (Wildman–Crippen LogP) is 7.39. The van der Waals surface area contributed by atoms with Crippen molar-refractivity contribution >= 4 is 11.3 Å². The van der Waals surface area contributed by atoms with Crippen LogP contribution in [0, 0.1) is 11.8 Å². The second-order valence-corrected chi connectivity index (χ2v) is 10.3. The third-order valence-electron chi connectivity index (χ3n) is 5.81. The number of ether oxygens (including phenoxy) is 2. The molecule has 3 rings (SSSR count). The maximum atomic E-state index is 5.60. The van der Waals surface area contributed by atoms with E-state index in [-0.39, 0.29) is 0 Å². The Hall–Kier alpha value is -2.37. The zero-order valence-electron chi connectivity index (χ0n) is 20.9. The van der Waals surface area contributed by atoms with Crippen molar-refractivity contribution in [1.29, 1.82) is 0 Å². The van der Waals surface area contributed by atoms with E-state index < -0.39 is 0 Å². The molecule has 0 aliphatic rings. The van der Waals surface area contributed by atoms with Gasteiger partial charge in [-0.05, 0) is 67.6 Å². The van der Waals surface area contributed by atoms with Gasteiger partial charge in [0.05, 0.1) is 19.9 Å². The van der Waals surface area contributed by atoms with Gasteiger partial charge in [-0.3, -0.25) is 4.90 Å². The topological polar surface area (TPSA) is 34.6 Å². The number of hydrogen-bond donors (Lipinski definition) is 0. The van der Waals surface area contributed by atoms with Gasteiger partial charge in [-0.2, -0.15) is 0 Å². The third-order valence-corrected chi connectivity index (χ3v) is 6.75. The maximum Gasteiger partial charge on any atom is 0.126 e. The van der Waals surface area contributed by atoms with Gasteiger partial charge < -0.3 is 9.47 Å². The van der Waals surface area contributed by atoms with Crippen molar-refractivity contribution in [3.8, 4) is 33.2 Å². The van der Waals surface area contributed by atoms with Crippen LogP contribution in [0.2, 0.25) is 0 Å². The number of aromatic nitrogens is 1. The van der Waals surface area contributed by atoms with Crippen LogP contribution in [0.4, 0.5) is 0 Å². The van der Waals surface area contributed by atoms with Crippen LogP contribution < -0.4 is 9.47 Å². The Balaban J connectivity index is 1.80. The van der Waals surface area contributed by atoms with E-state index in [0.29, 0.717) is 11.8 Å². The minimum absolute atomic E-state index is 0.717. The molecule has 0 fully saturated rings. The van der Waals surface area contributed by atoms with Crippen LogP contribution in [-0.2, 0) is 6.54 Å². The van der Waals surface area contributed by atoms with Crippen molar-refractivity contribution in [3.63, 3.8) is 0 Å². The lowest BCUT2D eigenvalue weighted by atomic mass is 10.0. The van der Waals surface area contributed by atoms with Crippen LogP contribution >= 0.6 is 11.3 Å². The van der Waals surface area contributed by atoms with E-state index in [0.717, 1.165) is 58.5 Å². The number of hydrogen-bond acceptors (Lipinski definition) is 5. The molecule has 0 atom stereocenters. The molecule has 0 bridgehead atoms. The molecule has 0 spiro atoms. The molecule has 4 nitrogen and oxygen atoms in total. The van der Waals surface area contributed by atoms with Crippen LogP contribution in [0.25, 0.3) is 21.7 Å². The molecule has 0 saturated heterocycles. The first-order valence-electron chi connectivity index (χ1n) is 11.9. The Morgan fingerprint density at radius 3 is 2.21 bits per heavy atom. The summed E-state index contributed by atoms with van der Waals surface area (Å²) in [4.78, 5) is 7.57. The van der Waals surface area contributed by atoms with E-state index in [9.17, 15) is 0 Å². The van der Waals surface area contributed by atoms with Gasteiger partial charge in [0.2, 0.25) is 0 Å². The highest BCUT2D eigenvalue weighted by Crippen LogP contribution is 2.36. The van der Waals surface area contributed by atoms with Crippen molar-refractivity contribution in [2.24, 2.45) is 11.8 Å². The van der Waals surface area contributed by atoms with Crippen LogP contribution in [0.1, 0.15) is 46.2 Å². The Morgan fingerprint density at radius 2 is 1.58 bits per heavy atom. The lowest BCUT2D eigenvalue weighted by molar-refractivity contribution is 0.233. The lowest BCUT2D eigenvalue weighted by Crippen LogP contribution is -2.27. The van der Waals surface area contributed by atoms with Crippen molar-refractivity contribution < 1.29 is 9.47 Å². The van der Waals surface area contributed by atoms with E-state index in [4.69, 9.17) is 14.5 Å². The largest absolute Gasteiger partial charge is 0.497 e. The van der Waals surface area contributed by atoms with E-state index in [1.54, 1.807) is 25.6 Å². The van der Waals surface area contributed by atoms with Gasteiger partial charge in [-0.1, -0.05) is 45.9 Å². The smallest absolute Gasteiger partial charge is 0.126 e. The lowest BCUT2D eigenvalue weighted by Gasteiger charge is -2.23. The monoisotopic (exact) mass is 466 g/mol. The third kappa shape index (κ3) is 7.31. The zero-order chi connectivity index (χ0) is 23.8. The summed E-state index contributed by atoms with van der Waals surface area (Å²) in [5, 5.41) is 3.27. The van der Waals surface area contributed by atoms with Crippen LogP contribution in [0.5, 0.6) is 11.5 Å². The predicted molar refractivity (Wildman–Crippen MR) is 140 cm³/mol. The van der Waals surface area contributed by atoms with Gasteiger partial charge in [0, 0.05) is 23.1 Å². The fourth-order valence-corrected chi connectivity index (χ4v) is 4.56. The number of benzene rings is 2. The van der Waals surface area contributed by atoms with E-state index >= 15 is 0 Å². The van der Waals surface area contributed by atoms with Gasteiger partial charge in [0.1, 0.15) is 16.5 Å². The Morgan fingerprint density at radius 1 is 0.879 bits per heavy atom. The SMILES string of the molecule is COc1ccc(OC)c(-c2cccc(-c3nc(CN(CCC(C)C)CCC(C)C)cs3)c2)c1. The molecule has 178 valence electrons. The van der Waals surface area contributed by atoms with Gasteiger partial charge in [-0.15, -0.1) is 11.3 Å². The zero-order valence-corrected chi connectivity index (χ0v) is 21.7. The Labute approximate surface area is 203 Å². The number of rotatable bonds is 12. The van der Waals surface area contributed by atoms with E-state index in [1.807, 2.05) is 18.2 Å². The number of nitrogens with zero attached hydrogens (tertiary/aromatic N) is 2. The highest BCUT2D eigenvalue weighted by molar-refractivity contribution is 7.13. The minimum atomic E-state index is 0.717. The molecule has 5 heteroatoms. The van der Waals surface area contributed by atoms with Gasteiger partial charge in [-0.25, -0.2) is 4.98 Å². The van der Waals surface area contributed by atoms with Crippen LogP contribution in [-0.4, -0.2) is 37.2 Å². The summed E-state index contributed by atoms with van der Waals surface area (Å²) in [7, 11) is 3.39. The quantitative estimate of drug-likeness (QED) is 0.279. The molecule has 0 saturated carbocycles. The molecule has 0 aliphatic carbocycles. The van der Waals surface area contributed by atoms with Crippen LogP contribution in [0.15, 0.2) is 47.8 Å². The molecule has 0 N–H and O–H groups in total. The highest BCUT2D eigenvalue weighted by atomic mass is 32.1. The van der Waals surface area contributed by atoms with Gasteiger partial charge in [0.15, 0.2) is 0 Å². The summed E-state index contributed by atoms with van der Waals surface area (Å²) in [5.41, 5.74) is 4.40. The number of thiazole rings is 1. The molecule has 0 aliphatic heterocycles. The summed E-state index contributed by atoms with van der Waals surface area (Å²) in [6.45, 7) is 12.4. The van der Waals surface area contributed by atoms with Crippen molar-refractivity contribution in [3.05, 3.63) is 53.5 Å². The van der Waals surface area contributed by atoms with Crippen molar-refractivity contribution in [2.45, 2.75) is 47.1 Å². The number of methoxy groups -OCH3 is 2. The Kier molecular flexibility index (Phi) is 9.33. The summed E-state index contributed by atoms with van der Waals surface area (Å²) in [6.07, 6.45) is 2.44. The molecule has 33 heavy (non-hydrogen) atoms. The van der Waals surface area contributed by atoms with E-state index in [1.165, 1.54) is 12.8 Å². The molecule has 1 heterocycles. The first-order valence-corrected chi connectivity index (χ1v) is 12.8. The summed E-state index contributed by atoms with van der Waals surface area (Å²) in [6, 6.07) is 14.4. The van der Waals surface area contributed by atoms with Gasteiger partial charge in [0.25, 0.3) is 0 Å². The first-order chi connectivity index (χ1) is 15.9. The summed E-state index contributed by atoms with van der Waals surface area (Å²) in [5.74, 6) is 3.08. The standard InChI is InChI=1S/C28H38N2O2S/c1-20(2)12-14-30(15-13-21(3)4)18-24-19-33-28(29-24)23-9-7-8-22(16-23)26-17-25(31-5)10-11-27(26)32-6/h7-11,16-17,19-21H,12-15,18H2,1-6H3. The second-order valence-electron chi connectivity index (χ2n) is 9.43. The molecule has 0 radical (unpaired) electrons. The summed E-state index contributed by atoms with van der Waals surface area (Å²) >= 11 is 1.72. The molecule has 0 unspecified atom stereocenters. The molecule has 3 aromatic rings. The average Bonchev–Trinajstić information content (AvgIpc) is 3.29. The second kappa shape index (κ2) is 12.2. The normalized spacial score (nSPS) is 11.5. The first kappa shape index (κ1) is 25.3. The van der Waals surface area contributed by atoms with E-state index in [2.05, 4.69) is 62.2 Å². The molecule has 0 amide bonds. The molecular formula is C28H38N2O2S. The van der Waals surface area contributed by atoms with Crippen molar-refractivity contribution in [2.75, 3.05) is 27.3 Å². The average molecular weight is 467 g/mol. The minimum Gasteiger partial charge on any atom is -0.497 e. The van der Waals surface area contributed by atoms with Gasteiger partial charge >= 0.3 is 0 Å². The Bertz CT molecular complexity index is 1000. The summed E-state index contributed by atoms with van der Waals surface area (Å²) < 4.78 is 11.0. The van der Waals surface area contributed by atoms with Crippen LogP contribution in [0.3, 0.4) is 0 Å². The fraction of sp³-hybridized carbons (Fsp3) is 0.464. The molecule has 1 aromatic heterocycles. The molecular weight excluding hydrogens is 428 g/mol. The fourth-order valence-electron chi connectivity index (χ4n) is 3.75. The highest BCUT2D eigenvalue weighted by Gasteiger charge is 2.13. The maximum absolute atomic E-state index is 5.60. The van der Waals surface area contributed by atoms with Crippen molar-refractivity contribution in [1.82, 2.24) is 9.88 Å².